The number of hydrogen-bond donors (Lipinski definition) is 1. The predicted molar refractivity (Wildman–Crippen MR) is 111 cm³/mol. The van der Waals surface area contributed by atoms with Gasteiger partial charge in [-0.15, -0.1) is 0 Å². The molecule has 0 heterocycles. The van der Waals surface area contributed by atoms with E-state index in [-0.39, 0.29) is 11.4 Å². The number of amides is 1. The predicted octanol–water partition coefficient (Wildman–Crippen LogP) is 3.26. The minimum Gasteiger partial charge on any atom is -0.272 e. The minimum absolute atomic E-state index is 0.131. The Morgan fingerprint density at radius 1 is 1.07 bits per heavy atom. The number of benzene rings is 3. The number of halogens is 1. The van der Waals surface area contributed by atoms with Crippen molar-refractivity contribution in [3.8, 4) is 0 Å². The lowest BCUT2D eigenvalue weighted by Crippen LogP contribution is -2.36. The Kier molecular flexibility index (Phi) is 6.08. The Bertz CT molecular complexity index is 1130. The van der Waals surface area contributed by atoms with Crippen molar-refractivity contribution < 1.29 is 13.2 Å². The zero-order valence-electron chi connectivity index (χ0n) is 15.0. The molecule has 0 spiro atoms. The maximum Gasteiger partial charge on any atom is 0.255 e. The van der Waals surface area contributed by atoms with Gasteiger partial charge in [-0.25, -0.2) is 13.8 Å². The van der Waals surface area contributed by atoms with Gasteiger partial charge in [-0.2, -0.15) is 9.41 Å². The molecule has 0 saturated carbocycles. The number of likely N-dealkylation sites (N-methyl/N-ethyl adjacent to an activating group) is 1. The molecular formula is C20H18ClN3O3S. The molecule has 0 fully saturated rings. The van der Waals surface area contributed by atoms with Gasteiger partial charge in [0.1, 0.15) is 0 Å². The van der Waals surface area contributed by atoms with Crippen molar-refractivity contribution in [2.24, 2.45) is 5.10 Å². The summed E-state index contributed by atoms with van der Waals surface area (Å²) in [5, 5.41) is 6.19. The van der Waals surface area contributed by atoms with Crippen LogP contribution in [-0.2, 0) is 14.8 Å². The molecule has 3 rings (SSSR count). The van der Waals surface area contributed by atoms with Gasteiger partial charge in [0.2, 0.25) is 10.0 Å². The topological polar surface area (TPSA) is 78.8 Å². The van der Waals surface area contributed by atoms with Crippen LogP contribution < -0.4 is 5.43 Å². The molecule has 0 radical (unpaired) electrons. The Morgan fingerprint density at radius 2 is 1.75 bits per heavy atom. The van der Waals surface area contributed by atoms with Crippen LogP contribution in [0.4, 0.5) is 0 Å². The smallest absolute Gasteiger partial charge is 0.255 e. The minimum atomic E-state index is -3.80. The van der Waals surface area contributed by atoms with Gasteiger partial charge in [0, 0.05) is 12.1 Å². The van der Waals surface area contributed by atoms with E-state index in [1.165, 1.54) is 19.3 Å². The van der Waals surface area contributed by atoms with E-state index in [2.05, 4.69) is 10.5 Å². The van der Waals surface area contributed by atoms with Crippen molar-refractivity contribution in [2.75, 3.05) is 13.6 Å². The van der Waals surface area contributed by atoms with Crippen LogP contribution in [0.3, 0.4) is 0 Å². The molecule has 8 heteroatoms. The van der Waals surface area contributed by atoms with Crippen molar-refractivity contribution in [1.29, 1.82) is 0 Å². The Labute approximate surface area is 168 Å². The van der Waals surface area contributed by atoms with Crippen molar-refractivity contribution in [3.05, 3.63) is 77.3 Å². The molecular weight excluding hydrogens is 398 g/mol. The Balaban J connectivity index is 1.65. The first-order valence-electron chi connectivity index (χ1n) is 8.39. The lowest BCUT2D eigenvalue weighted by molar-refractivity contribution is -0.121. The van der Waals surface area contributed by atoms with Gasteiger partial charge in [-0.1, -0.05) is 54.1 Å². The highest BCUT2D eigenvalue weighted by Gasteiger charge is 2.23. The maximum atomic E-state index is 12.7. The molecule has 0 saturated heterocycles. The van der Waals surface area contributed by atoms with Crippen LogP contribution in [0.1, 0.15) is 5.56 Å². The van der Waals surface area contributed by atoms with E-state index in [1.807, 2.05) is 24.3 Å². The molecule has 6 nitrogen and oxygen atoms in total. The summed E-state index contributed by atoms with van der Waals surface area (Å²) < 4.78 is 26.5. The van der Waals surface area contributed by atoms with Crippen molar-refractivity contribution in [2.45, 2.75) is 4.90 Å². The second-order valence-corrected chi connectivity index (χ2v) is 8.60. The molecule has 3 aromatic carbocycles. The van der Waals surface area contributed by atoms with Gasteiger partial charge in [0.25, 0.3) is 5.91 Å². The number of hydrogen-bond acceptors (Lipinski definition) is 4. The van der Waals surface area contributed by atoms with Crippen molar-refractivity contribution in [3.63, 3.8) is 0 Å². The third-order valence-electron chi connectivity index (χ3n) is 4.07. The average Bonchev–Trinajstić information content (AvgIpc) is 2.69. The standard InChI is InChI=1S/C20H18ClN3O3S/c1-24(14-20(25)23-22-13-15-6-9-18(21)10-7-15)28(26,27)19-11-8-16-4-2-3-5-17(16)12-19/h2-13H,14H2,1H3,(H,23,25). The van der Waals surface area contributed by atoms with Crippen LogP contribution in [-0.4, -0.2) is 38.4 Å². The number of rotatable bonds is 6. The Hall–Kier alpha value is -2.74. The fourth-order valence-corrected chi connectivity index (χ4v) is 3.85. The second kappa shape index (κ2) is 8.52. The number of carbonyl (C=O) groups is 1. The first kappa shape index (κ1) is 20.0. The van der Waals surface area contributed by atoms with E-state index < -0.39 is 15.9 Å². The molecule has 3 aromatic rings. The fraction of sp³-hybridized carbons (Fsp3) is 0.100. The molecule has 0 bridgehead atoms. The van der Waals surface area contributed by atoms with E-state index >= 15 is 0 Å². The lowest BCUT2D eigenvalue weighted by atomic mass is 10.1. The molecule has 0 unspecified atom stereocenters. The summed E-state index contributed by atoms with van der Waals surface area (Å²) in [6.07, 6.45) is 1.45. The summed E-state index contributed by atoms with van der Waals surface area (Å²) >= 11 is 5.80. The molecule has 144 valence electrons. The van der Waals surface area contributed by atoms with Gasteiger partial charge < -0.3 is 0 Å². The quantitative estimate of drug-likeness (QED) is 0.495. The van der Waals surface area contributed by atoms with Gasteiger partial charge in [-0.3, -0.25) is 4.79 Å². The number of nitrogens with zero attached hydrogens (tertiary/aromatic N) is 2. The lowest BCUT2D eigenvalue weighted by Gasteiger charge is -2.16. The highest BCUT2D eigenvalue weighted by molar-refractivity contribution is 7.89. The molecule has 0 aromatic heterocycles. The molecule has 0 aliphatic heterocycles. The first-order valence-corrected chi connectivity index (χ1v) is 10.2. The highest BCUT2D eigenvalue weighted by Crippen LogP contribution is 2.21. The Morgan fingerprint density at radius 3 is 2.46 bits per heavy atom. The summed E-state index contributed by atoms with van der Waals surface area (Å²) in [4.78, 5) is 12.2. The van der Waals surface area contributed by atoms with Crippen molar-refractivity contribution in [1.82, 2.24) is 9.73 Å². The van der Waals surface area contributed by atoms with E-state index in [9.17, 15) is 13.2 Å². The molecule has 28 heavy (non-hydrogen) atoms. The summed E-state index contributed by atoms with van der Waals surface area (Å²) in [5.74, 6) is -0.544. The molecule has 1 N–H and O–H groups in total. The van der Waals surface area contributed by atoms with E-state index in [0.29, 0.717) is 5.02 Å². The number of carbonyl (C=O) groups excluding carboxylic acids is 1. The van der Waals surface area contributed by atoms with Gasteiger partial charge in [0.15, 0.2) is 0 Å². The fourth-order valence-electron chi connectivity index (χ4n) is 2.56. The number of hydrazone groups is 1. The van der Waals surface area contributed by atoms with Crippen LogP contribution in [0.2, 0.25) is 5.02 Å². The van der Waals surface area contributed by atoms with Gasteiger partial charge >= 0.3 is 0 Å². The summed E-state index contributed by atoms with van der Waals surface area (Å²) in [5.41, 5.74) is 3.07. The van der Waals surface area contributed by atoms with E-state index in [0.717, 1.165) is 20.6 Å². The van der Waals surface area contributed by atoms with Crippen LogP contribution in [0, 0.1) is 0 Å². The van der Waals surface area contributed by atoms with E-state index in [1.54, 1.807) is 36.4 Å². The SMILES string of the molecule is CN(CC(=O)NN=Cc1ccc(Cl)cc1)S(=O)(=O)c1ccc2ccccc2c1. The van der Waals surface area contributed by atoms with Crippen LogP contribution in [0.15, 0.2) is 76.7 Å². The number of fused-ring (bicyclic) bond motifs is 1. The van der Waals surface area contributed by atoms with Crippen LogP contribution >= 0.6 is 11.6 Å². The maximum absolute atomic E-state index is 12.7. The molecule has 0 aliphatic carbocycles. The molecule has 1 amide bonds. The number of nitrogens with one attached hydrogen (secondary N) is 1. The van der Waals surface area contributed by atoms with Gasteiger partial charge in [0.05, 0.1) is 17.7 Å². The van der Waals surface area contributed by atoms with Crippen LogP contribution in [0.25, 0.3) is 10.8 Å². The summed E-state index contributed by atoms with van der Waals surface area (Å²) in [6, 6.07) is 19.2. The van der Waals surface area contributed by atoms with Crippen LogP contribution in [0.5, 0.6) is 0 Å². The third-order valence-corrected chi connectivity index (χ3v) is 6.12. The third kappa shape index (κ3) is 4.75. The second-order valence-electron chi connectivity index (χ2n) is 6.11. The summed E-state index contributed by atoms with van der Waals surface area (Å²) in [7, 11) is -2.45. The zero-order chi connectivity index (χ0) is 20.1. The first-order chi connectivity index (χ1) is 13.4. The normalized spacial score (nSPS) is 12.0. The largest absolute Gasteiger partial charge is 0.272 e. The van der Waals surface area contributed by atoms with Gasteiger partial charge in [-0.05, 0) is 40.6 Å². The number of sulfonamides is 1. The van der Waals surface area contributed by atoms with E-state index in [4.69, 9.17) is 11.6 Å². The summed E-state index contributed by atoms with van der Waals surface area (Å²) in [6.45, 7) is -0.354. The highest BCUT2D eigenvalue weighted by atomic mass is 35.5. The monoisotopic (exact) mass is 415 g/mol. The zero-order valence-corrected chi connectivity index (χ0v) is 16.6. The van der Waals surface area contributed by atoms with Crippen molar-refractivity contribution >= 4 is 44.5 Å². The molecule has 0 atom stereocenters. The average molecular weight is 416 g/mol. The molecule has 0 aliphatic rings.